The van der Waals surface area contributed by atoms with Crippen LogP contribution in [0.25, 0.3) is 5.57 Å². The maximum atomic E-state index is 8.76. The van der Waals surface area contributed by atoms with E-state index in [-0.39, 0.29) is 4.49 Å². The molecule has 4 nitrogen and oxygen atoms in total. The summed E-state index contributed by atoms with van der Waals surface area (Å²) in [5.41, 5.74) is 5.81. The highest BCUT2D eigenvalue weighted by molar-refractivity contribution is 6.59. The third-order valence-electron chi connectivity index (χ3n) is 4.51. The third kappa shape index (κ3) is 3.63. The van der Waals surface area contributed by atoms with E-state index in [1.54, 1.807) is 24.6 Å². The van der Waals surface area contributed by atoms with Crippen LogP contribution in [0, 0.1) is 50.7 Å². The maximum absolute atomic E-state index is 8.76. The summed E-state index contributed by atoms with van der Waals surface area (Å²) < 4.78 is 10.1. The summed E-state index contributed by atoms with van der Waals surface area (Å²) in [6, 6.07) is 7.08. The largest absolute Gasteiger partial charge is 0.388 e. The molecule has 0 aliphatic heterocycles. The molecule has 132 valence electrons. The second-order valence-electron chi connectivity index (χ2n) is 5.74. The minimum Gasteiger partial charge on any atom is -0.388 e. The number of nitriles is 2. The van der Waals surface area contributed by atoms with E-state index in [0.717, 1.165) is 33.4 Å². The predicted octanol–water partition coefficient (Wildman–Crippen LogP) is 5.83. The maximum Gasteiger partial charge on any atom is 0.292 e. The highest BCUT2D eigenvalue weighted by atomic mass is 35.5. The van der Waals surface area contributed by atoms with Crippen molar-refractivity contribution >= 4 is 28.8 Å². The molecule has 6 heteroatoms. The van der Waals surface area contributed by atoms with Gasteiger partial charge in [0.05, 0.1) is 0 Å². The fourth-order valence-corrected chi connectivity index (χ4v) is 3.21. The number of halogens is 2. The van der Waals surface area contributed by atoms with Crippen molar-refractivity contribution in [3.8, 4) is 24.0 Å². The summed E-state index contributed by atoms with van der Waals surface area (Å²) in [6.07, 6.45) is 3.37. The van der Waals surface area contributed by atoms with Gasteiger partial charge in [-0.1, -0.05) is 35.3 Å². The lowest BCUT2D eigenvalue weighted by Crippen LogP contribution is -2.01. The van der Waals surface area contributed by atoms with E-state index in [2.05, 4.69) is 0 Å². The van der Waals surface area contributed by atoms with Crippen LogP contribution in [0.1, 0.15) is 33.4 Å². The van der Waals surface area contributed by atoms with Crippen LogP contribution in [0.4, 0.5) is 0 Å². The number of ether oxygens (including phenoxy) is 2. The molecule has 0 heterocycles. The van der Waals surface area contributed by atoms with Gasteiger partial charge in [-0.05, 0) is 73.2 Å². The average Bonchev–Trinajstić information content (AvgIpc) is 2.60. The lowest BCUT2D eigenvalue weighted by Gasteiger charge is -2.18. The molecule has 0 amide bonds. The lowest BCUT2D eigenvalue weighted by atomic mass is 9.89. The first kappa shape index (κ1) is 19.7. The molecular weight excluding hydrogens is 371 g/mol. The smallest absolute Gasteiger partial charge is 0.292 e. The number of hydrogen-bond donors (Lipinski definition) is 0. The zero-order valence-corrected chi connectivity index (χ0v) is 16.3. The lowest BCUT2D eigenvalue weighted by molar-refractivity contribution is 0.502. The monoisotopic (exact) mass is 386 g/mol. The van der Waals surface area contributed by atoms with Crippen LogP contribution in [0.5, 0.6) is 11.5 Å². The molecule has 0 aromatic heterocycles. The Labute approximate surface area is 162 Å². The first-order valence-corrected chi connectivity index (χ1v) is 8.47. The molecule has 0 saturated heterocycles. The van der Waals surface area contributed by atoms with Crippen LogP contribution in [-0.2, 0) is 0 Å². The molecule has 0 spiro atoms. The van der Waals surface area contributed by atoms with E-state index < -0.39 is 0 Å². The van der Waals surface area contributed by atoms with Gasteiger partial charge in [-0.2, -0.15) is 0 Å². The Morgan fingerprint density at radius 2 is 1.12 bits per heavy atom. The SMILES string of the molecule is Cc1c(OC#N)ccc(C(=C(Cl)Cl)c2ccc(OC#N)c(C)c2C)c1C. The minimum atomic E-state index is 0.123. The molecule has 0 fully saturated rings. The second kappa shape index (κ2) is 8.15. The van der Waals surface area contributed by atoms with Crippen LogP contribution in [0.15, 0.2) is 28.8 Å². The first-order valence-electron chi connectivity index (χ1n) is 7.71. The zero-order chi connectivity index (χ0) is 19.4. The molecule has 0 N–H and O–H groups in total. The fraction of sp³-hybridized carbons (Fsp3) is 0.200. The number of nitrogens with zero attached hydrogens (tertiary/aromatic N) is 2. The Balaban J connectivity index is 2.70. The molecule has 2 aromatic rings. The molecule has 2 rings (SSSR count). The zero-order valence-electron chi connectivity index (χ0n) is 14.8. The quantitative estimate of drug-likeness (QED) is 0.619. The molecule has 0 saturated carbocycles. The van der Waals surface area contributed by atoms with Gasteiger partial charge in [0, 0.05) is 5.57 Å². The first-order chi connectivity index (χ1) is 12.3. The molecule has 2 aromatic carbocycles. The molecule has 0 aliphatic rings. The van der Waals surface area contributed by atoms with Gasteiger partial charge in [0.15, 0.2) is 0 Å². The average molecular weight is 387 g/mol. The van der Waals surface area contributed by atoms with Gasteiger partial charge in [-0.15, -0.1) is 10.5 Å². The summed E-state index contributed by atoms with van der Waals surface area (Å²) in [7, 11) is 0. The van der Waals surface area contributed by atoms with Crippen molar-refractivity contribution in [3.05, 3.63) is 62.1 Å². The van der Waals surface area contributed by atoms with Gasteiger partial charge in [0.1, 0.15) is 16.0 Å². The Hall–Kier alpha value is -2.66. The predicted molar refractivity (Wildman–Crippen MR) is 102 cm³/mol. The van der Waals surface area contributed by atoms with Crippen LogP contribution >= 0.6 is 23.2 Å². The van der Waals surface area contributed by atoms with Crippen LogP contribution < -0.4 is 9.47 Å². The summed E-state index contributed by atoms with van der Waals surface area (Å²) in [5.74, 6) is 0.980. The topological polar surface area (TPSA) is 66.0 Å². The van der Waals surface area contributed by atoms with E-state index >= 15 is 0 Å². The number of rotatable bonds is 4. The van der Waals surface area contributed by atoms with Crippen molar-refractivity contribution in [2.75, 3.05) is 0 Å². The molecular formula is C20H16Cl2N2O2. The van der Waals surface area contributed by atoms with Gasteiger partial charge in [-0.3, -0.25) is 0 Å². The van der Waals surface area contributed by atoms with Gasteiger partial charge in [0.2, 0.25) is 0 Å². The Morgan fingerprint density at radius 3 is 1.42 bits per heavy atom. The minimum absolute atomic E-state index is 0.123. The van der Waals surface area contributed by atoms with Crippen molar-refractivity contribution in [3.63, 3.8) is 0 Å². The molecule has 26 heavy (non-hydrogen) atoms. The summed E-state index contributed by atoms with van der Waals surface area (Å²) >= 11 is 12.5. The fourth-order valence-electron chi connectivity index (χ4n) is 2.80. The van der Waals surface area contributed by atoms with E-state index in [9.17, 15) is 0 Å². The van der Waals surface area contributed by atoms with Crippen molar-refractivity contribution in [2.45, 2.75) is 27.7 Å². The van der Waals surface area contributed by atoms with Gasteiger partial charge in [-0.25, -0.2) is 0 Å². The Morgan fingerprint density at radius 1 is 0.731 bits per heavy atom. The van der Waals surface area contributed by atoms with Crippen LogP contribution in [-0.4, -0.2) is 0 Å². The van der Waals surface area contributed by atoms with Crippen LogP contribution in [0.2, 0.25) is 0 Å². The number of hydrogen-bond acceptors (Lipinski definition) is 4. The molecule has 0 radical (unpaired) electrons. The highest BCUT2D eigenvalue weighted by Gasteiger charge is 2.19. The summed E-state index contributed by atoms with van der Waals surface area (Å²) in [5, 5.41) is 17.5. The van der Waals surface area contributed by atoms with Crippen molar-refractivity contribution in [1.29, 1.82) is 10.5 Å². The standard InChI is InChI=1S/C20H16Cl2N2O2/c1-11-13(3)17(25-9-23)7-5-15(11)19(20(21)22)16-6-8-18(26-10-24)14(4)12(16)2/h5-8H,1-4H3. The van der Waals surface area contributed by atoms with E-state index in [1.807, 2.05) is 39.8 Å². The normalized spacial score (nSPS) is 9.85. The molecule has 0 unspecified atom stereocenters. The van der Waals surface area contributed by atoms with Crippen molar-refractivity contribution < 1.29 is 9.47 Å². The molecule has 0 atom stereocenters. The van der Waals surface area contributed by atoms with Gasteiger partial charge in [0.25, 0.3) is 12.5 Å². The van der Waals surface area contributed by atoms with E-state index in [0.29, 0.717) is 17.1 Å². The highest BCUT2D eigenvalue weighted by Crippen LogP contribution is 2.39. The molecule has 0 aliphatic carbocycles. The second-order valence-corrected chi connectivity index (χ2v) is 6.69. The third-order valence-corrected chi connectivity index (χ3v) is 4.89. The Kier molecular flexibility index (Phi) is 6.16. The summed E-state index contributed by atoms with van der Waals surface area (Å²) in [4.78, 5) is 0. The van der Waals surface area contributed by atoms with E-state index in [4.69, 9.17) is 43.2 Å². The van der Waals surface area contributed by atoms with E-state index in [1.165, 1.54) is 0 Å². The van der Waals surface area contributed by atoms with Crippen molar-refractivity contribution in [1.82, 2.24) is 0 Å². The van der Waals surface area contributed by atoms with Gasteiger partial charge >= 0.3 is 0 Å². The van der Waals surface area contributed by atoms with Gasteiger partial charge < -0.3 is 9.47 Å². The Bertz CT molecular complexity index is 905. The van der Waals surface area contributed by atoms with Crippen molar-refractivity contribution in [2.24, 2.45) is 0 Å². The summed E-state index contributed by atoms with van der Waals surface area (Å²) in [6.45, 7) is 7.57. The van der Waals surface area contributed by atoms with Crippen LogP contribution in [0.3, 0.4) is 0 Å². The molecule has 0 bridgehead atoms. The number of benzene rings is 2.